The number of imidazole rings is 1. The molecule has 1 heterocycles. The summed E-state index contributed by atoms with van der Waals surface area (Å²) in [6.07, 6.45) is 3.62. The molecule has 1 atom stereocenters. The van der Waals surface area contributed by atoms with Gasteiger partial charge in [-0.15, -0.1) is 0 Å². The van der Waals surface area contributed by atoms with Crippen LogP contribution in [0.2, 0.25) is 0 Å². The summed E-state index contributed by atoms with van der Waals surface area (Å²) in [5, 5.41) is 0.423. The molecule has 1 aromatic rings. The van der Waals surface area contributed by atoms with Crippen LogP contribution in [0.3, 0.4) is 0 Å². The lowest BCUT2D eigenvalue weighted by molar-refractivity contribution is 0.111. The van der Waals surface area contributed by atoms with E-state index in [1.165, 1.54) is 17.0 Å². The summed E-state index contributed by atoms with van der Waals surface area (Å²) in [5.74, 6) is 0. The molecule has 60 valence electrons. The van der Waals surface area contributed by atoms with Crippen LogP contribution in [-0.4, -0.2) is 26.3 Å². The highest BCUT2D eigenvalue weighted by Crippen LogP contribution is 2.03. The van der Waals surface area contributed by atoms with Gasteiger partial charge in [-0.25, -0.2) is 4.98 Å². The van der Waals surface area contributed by atoms with Crippen molar-refractivity contribution >= 4 is 17.1 Å². The van der Waals surface area contributed by atoms with Crippen LogP contribution in [0.4, 0.5) is 0 Å². The van der Waals surface area contributed by atoms with Gasteiger partial charge in [-0.3, -0.25) is 9.00 Å². The molecular formula is C6H8N2O2S. The summed E-state index contributed by atoms with van der Waals surface area (Å²) in [7, 11) is 0.532. The van der Waals surface area contributed by atoms with E-state index < -0.39 is 10.8 Å². The largest absolute Gasteiger partial charge is 0.318 e. The Kier molecular flexibility index (Phi) is 2.19. The zero-order valence-electron chi connectivity index (χ0n) is 6.27. The molecule has 4 nitrogen and oxygen atoms in total. The summed E-state index contributed by atoms with van der Waals surface area (Å²) < 4.78 is 12.4. The first-order valence-corrected chi connectivity index (χ1v) is 4.53. The fourth-order valence-electron chi connectivity index (χ4n) is 0.782. The lowest BCUT2D eigenvalue weighted by Crippen LogP contribution is -2.02. The van der Waals surface area contributed by atoms with Gasteiger partial charge in [0.15, 0.2) is 11.4 Å². The highest BCUT2D eigenvalue weighted by atomic mass is 32.2. The fraction of sp³-hybridized carbons (Fsp3) is 0.333. The van der Waals surface area contributed by atoms with E-state index in [0.717, 1.165) is 0 Å². The molecule has 0 saturated carbocycles. The normalized spacial score (nSPS) is 12.9. The van der Waals surface area contributed by atoms with Crippen molar-refractivity contribution in [2.24, 2.45) is 7.05 Å². The lowest BCUT2D eigenvalue weighted by atomic mass is 10.5. The lowest BCUT2D eigenvalue weighted by Gasteiger charge is -1.96. The van der Waals surface area contributed by atoms with Gasteiger partial charge in [0, 0.05) is 13.3 Å². The number of nitrogens with zero attached hydrogens (tertiary/aromatic N) is 2. The molecule has 0 aliphatic carbocycles. The minimum atomic E-state index is -1.13. The van der Waals surface area contributed by atoms with Crippen LogP contribution in [0, 0.1) is 0 Å². The van der Waals surface area contributed by atoms with Crippen LogP contribution in [0.1, 0.15) is 10.5 Å². The van der Waals surface area contributed by atoms with Gasteiger partial charge in [-0.2, -0.15) is 0 Å². The van der Waals surface area contributed by atoms with Crippen molar-refractivity contribution in [3.8, 4) is 0 Å². The Morgan fingerprint density at radius 2 is 2.36 bits per heavy atom. The highest BCUT2D eigenvalue weighted by molar-refractivity contribution is 7.84. The maximum absolute atomic E-state index is 10.9. The molecule has 1 unspecified atom stereocenters. The molecule has 0 aliphatic rings. The zero-order valence-corrected chi connectivity index (χ0v) is 7.09. The van der Waals surface area contributed by atoms with Gasteiger partial charge >= 0.3 is 0 Å². The third kappa shape index (κ3) is 1.37. The second-order valence-corrected chi connectivity index (χ2v) is 3.37. The zero-order chi connectivity index (χ0) is 8.43. The first-order chi connectivity index (χ1) is 5.16. The van der Waals surface area contributed by atoms with Crippen molar-refractivity contribution in [1.82, 2.24) is 9.55 Å². The van der Waals surface area contributed by atoms with Gasteiger partial charge in [0.05, 0.1) is 17.0 Å². The van der Waals surface area contributed by atoms with E-state index in [1.807, 2.05) is 0 Å². The highest BCUT2D eigenvalue weighted by Gasteiger charge is 2.07. The molecule has 0 amide bonds. The monoisotopic (exact) mass is 172 g/mol. The second-order valence-electron chi connectivity index (χ2n) is 2.10. The van der Waals surface area contributed by atoms with Crippen LogP contribution in [0.5, 0.6) is 0 Å². The second kappa shape index (κ2) is 2.96. The molecule has 0 fully saturated rings. The van der Waals surface area contributed by atoms with Crippen molar-refractivity contribution < 1.29 is 9.00 Å². The van der Waals surface area contributed by atoms with Crippen molar-refractivity contribution in [3.63, 3.8) is 0 Å². The topological polar surface area (TPSA) is 52.0 Å². The van der Waals surface area contributed by atoms with E-state index in [4.69, 9.17) is 0 Å². The number of carbonyl (C=O) groups excluding carboxylic acids is 1. The molecule has 0 aliphatic heterocycles. The predicted octanol–water partition coefficient (Wildman–Crippen LogP) is -0.0300. The predicted molar refractivity (Wildman–Crippen MR) is 40.9 cm³/mol. The summed E-state index contributed by atoms with van der Waals surface area (Å²) >= 11 is 0. The Balaban J connectivity index is 3.20. The molecule has 0 aromatic carbocycles. The quantitative estimate of drug-likeness (QED) is 0.589. The third-order valence-electron chi connectivity index (χ3n) is 1.36. The van der Waals surface area contributed by atoms with Crippen LogP contribution in [0.25, 0.3) is 0 Å². The van der Waals surface area contributed by atoms with E-state index in [-0.39, 0.29) is 0 Å². The van der Waals surface area contributed by atoms with E-state index in [0.29, 0.717) is 17.1 Å². The average Bonchev–Trinajstić information content (AvgIpc) is 2.30. The maximum Gasteiger partial charge on any atom is 0.198 e. The Hall–Kier alpha value is -0.970. The van der Waals surface area contributed by atoms with Crippen LogP contribution >= 0.6 is 0 Å². The molecule has 5 heteroatoms. The minimum absolute atomic E-state index is 0.423. The van der Waals surface area contributed by atoms with Gasteiger partial charge in [0.2, 0.25) is 0 Å². The van der Waals surface area contributed by atoms with E-state index in [9.17, 15) is 9.00 Å². The van der Waals surface area contributed by atoms with Gasteiger partial charge in [-0.1, -0.05) is 0 Å². The average molecular weight is 172 g/mol. The number of carbonyl (C=O) groups is 1. The Labute approximate surface area is 66.7 Å². The van der Waals surface area contributed by atoms with Gasteiger partial charge < -0.3 is 4.57 Å². The summed E-state index contributed by atoms with van der Waals surface area (Å²) in [4.78, 5) is 14.1. The molecule has 1 rings (SSSR count). The van der Waals surface area contributed by atoms with Crippen molar-refractivity contribution in [2.75, 3.05) is 6.26 Å². The minimum Gasteiger partial charge on any atom is -0.318 e. The smallest absolute Gasteiger partial charge is 0.198 e. The molecular weight excluding hydrogens is 164 g/mol. The molecule has 0 N–H and O–H groups in total. The number of rotatable bonds is 2. The first kappa shape index (κ1) is 8.13. The fourth-order valence-corrected chi connectivity index (χ4v) is 1.47. The Bertz CT molecular complexity index is 306. The summed E-state index contributed by atoms with van der Waals surface area (Å²) in [6, 6.07) is 0. The summed E-state index contributed by atoms with van der Waals surface area (Å²) in [5.41, 5.74) is 0.440. The van der Waals surface area contributed by atoms with Crippen molar-refractivity contribution in [3.05, 3.63) is 11.9 Å². The third-order valence-corrected chi connectivity index (χ3v) is 2.25. The molecule has 1 aromatic heterocycles. The maximum atomic E-state index is 10.9. The SMILES string of the molecule is Cn1c(C=O)cnc1S(C)=O. The standard InChI is InChI=1S/C6H8N2O2S/c1-8-5(4-9)3-7-6(8)11(2)10/h3-4H,1-2H3. The molecule has 0 spiro atoms. The first-order valence-electron chi connectivity index (χ1n) is 2.97. The van der Waals surface area contributed by atoms with Gasteiger partial charge in [0.1, 0.15) is 5.69 Å². The molecule has 11 heavy (non-hydrogen) atoms. The molecule has 0 bridgehead atoms. The van der Waals surface area contributed by atoms with E-state index >= 15 is 0 Å². The Morgan fingerprint density at radius 3 is 2.64 bits per heavy atom. The number of aromatic nitrogens is 2. The van der Waals surface area contributed by atoms with Crippen molar-refractivity contribution in [1.29, 1.82) is 0 Å². The van der Waals surface area contributed by atoms with Crippen molar-refractivity contribution in [2.45, 2.75) is 5.16 Å². The van der Waals surface area contributed by atoms with Crippen LogP contribution < -0.4 is 0 Å². The van der Waals surface area contributed by atoms with Crippen LogP contribution in [-0.2, 0) is 17.8 Å². The number of hydrogen-bond donors (Lipinski definition) is 0. The van der Waals surface area contributed by atoms with E-state index in [2.05, 4.69) is 4.98 Å². The van der Waals surface area contributed by atoms with E-state index in [1.54, 1.807) is 7.05 Å². The Morgan fingerprint density at radius 1 is 1.73 bits per heavy atom. The number of aldehydes is 1. The van der Waals surface area contributed by atoms with Gasteiger partial charge in [-0.05, 0) is 0 Å². The molecule has 0 radical (unpaired) electrons. The van der Waals surface area contributed by atoms with Crippen LogP contribution in [0.15, 0.2) is 11.4 Å². The molecule has 0 saturated heterocycles. The van der Waals surface area contributed by atoms with Gasteiger partial charge in [0.25, 0.3) is 0 Å². The number of hydrogen-bond acceptors (Lipinski definition) is 3. The summed E-state index contributed by atoms with van der Waals surface area (Å²) in [6.45, 7) is 0.